The zero-order chi connectivity index (χ0) is 13.5. The van der Waals surface area contributed by atoms with Gasteiger partial charge in [-0.25, -0.2) is 0 Å². The SMILES string of the molecule is CC(CSC(=O)C(C)Nc1ccccc1)C(=O)O. The van der Waals surface area contributed by atoms with Crippen LogP contribution in [-0.4, -0.2) is 28.0 Å². The summed E-state index contributed by atoms with van der Waals surface area (Å²) in [5.41, 5.74) is 0.880. The third kappa shape index (κ3) is 4.79. The van der Waals surface area contributed by atoms with Gasteiger partial charge < -0.3 is 10.4 Å². The average molecular weight is 267 g/mol. The molecule has 1 aromatic carbocycles. The fourth-order valence-corrected chi connectivity index (χ4v) is 2.11. The van der Waals surface area contributed by atoms with Crippen LogP contribution in [0.2, 0.25) is 0 Å². The van der Waals surface area contributed by atoms with Gasteiger partial charge in [-0.3, -0.25) is 9.59 Å². The molecule has 0 saturated heterocycles. The summed E-state index contributed by atoms with van der Waals surface area (Å²) in [7, 11) is 0. The van der Waals surface area contributed by atoms with Gasteiger partial charge in [-0.15, -0.1) is 0 Å². The topological polar surface area (TPSA) is 66.4 Å². The molecule has 0 amide bonds. The number of benzene rings is 1. The highest BCUT2D eigenvalue weighted by atomic mass is 32.2. The lowest BCUT2D eigenvalue weighted by Crippen LogP contribution is -2.25. The summed E-state index contributed by atoms with van der Waals surface area (Å²) in [4.78, 5) is 22.4. The number of para-hydroxylation sites is 1. The number of carboxylic acid groups (broad SMARTS) is 1. The van der Waals surface area contributed by atoms with Crippen molar-refractivity contribution in [3.8, 4) is 0 Å². The maximum Gasteiger partial charge on any atom is 0.307 e. The molecule has 0 saturated carbocycles. The fourth-order valence-electron chi connectivity index (χ4n) is 1.25. The number of rotatable bonds is 6. The Bertz CT molecular complexity index is 408. The summed E-state index contributed by atoms with van der Waals surface area (Å²) in [6, 6.07) is 9.11. The molecule has 2 unspecified atom stereocenters. The average Bonchev–Trinajstić information content (AvgIpc) is 2.36. The lowest BCUT2D eigenvalue weighted by Gasteiger charge is -2.14. The number of hydrogen-bond acceptors (Lipinski definition) is 4. The van der Waals surface area contributed by atoms with Gasteiger partial charge >= 0.3 is 5.97 Å². The second kappa shape index (κ2) is 7.06. The second-order valence-corrected chi connectivity index (χ2v) is 5.13. The third-order valence-electron chi connectivity index (χ3n) is 2.41. The minimum Gasteiger partial charge on any atom is -0.481 e. The zero-order valence-corrected chi connectivity index (χ0v) is 11.2. The van der Waals surface area contributed by atoms with Crippen molar-refractivity contribution in [3.05, 3.63) is 30.3 Å². The second-order valence-electron chi connectivity index (χ2n) is 4.10. The van der Waals surface area contributed by atoms with E-state index in [4.69, 9.17) is 5.11 Å². The smallest absolute Gasteiger partial charge is 0.307 e. The quantitative estimate of drug-likeness (QED) is 0.828. The van der Waals surface area contributed by atoms with Crippen molar-refractivity contribution < 1.29 is 14.7 Å². The van der Waals surface area contributed by atoms with Crippen molar-refractivity contribution in [3.63, 3.8) is 0 Å². The van der Waals surface area contributed by atoms with Gasteiger partial charge in [-0.05, 0) is 19.1 Å². The van der Waals surface area contributed by atoms with Crippen LogP contribution >= 0.6 is 11.8 Å². The Labute approximate surface area is 111 Å². The molecule has 5 heteroatoms. The number of hydrogen-bond donors (Lipinski definition) is 2. The largest absolute Gasteiger partial charge is 0.481 e. The van der Waals surface area contributed by atoms with Crippen LogP contribution < -0.4 is 5.32 Å². The first-order valence-electron chi connectivity index (χ1n) is 5.71. The Kier molecular flexibility index (Phi) is 5.71. The van der Waals surface area contributed by atoms with Crippen LogP contribution in [0.15, 0.2) is 30.3 Å². The maximum atomic E-state index is 11.8. The monoisotopic (exact) mass is 267 g/mol. The van der Waals surface area contributed by atoms with Crippen molar-refractivity contribution >= 4 is 28.5 Å². The van der Waals surface area contributed by atoms with E-state index in [9.17, 15) is 9.59 Å². The van der Waals surface area contributed by atoms with Crippen LogP contribution in [0.3, 0.4) is 0 Å². The first-order valence-corrected chi connectivity index (χ1v) is 6.70. The normalized spacial score (nSPS) is 13.7. The molecule has 0 radical (unpaired) electrons. The van der Waals surface area contributed by atoms with Gasteiger partial charge in [0, 0.05) is 11.4 Å². The molecule has 0 aliphatic heterocycles. The molecule has 0 bridgehead atoms. The minimum atomic E-state index is -0.876. The highest BCUT2D eigenvalue weighted by molar-refractivity contribution is 8.13. The number of carbonyl (C=O) groups is 2. The molecule has 0 aliphatic carbocycles. The molecular formula is C13H17NO3S. The lowest BCUT2D eigenvalue weighted by molar-refractivity contribution is -0.140. The molecule has 0 heterocycles. The molecule has 0 aliphatic rings. The first kappa shape index (κ1) is 14.6. The van der Waals surface area contributed by atoms with E-state index in [1.807, 2.05) is 30.3 Å². The number of carbonyl (C=O) groups excluding carboxylic acids is 1. The number of carboxylic acids is 1. The highest BCUT2D eigenvalue weighted by Gasteiger charge is 2.17. The lowest BCUT2D eigenvalue weighted by atomic mass is 10.2. The van der Waals surface area contributed by atoms with Crippen molar-refractivity contribution in [2.75, 3.05) is 11.1 Å². The molecule has 1 aromatic rings. The van der Waals surface area contributed by atoms with Gasteiger partial charge in [-0.2, -0.15) is 0 Å². The van der Waals surface area contributed by atoms with Crippen LogP contribution in [0.4, 0.5) is 5.69 Å². The van der Waals surface area contributed by atoms with Crippen molar-refractivity contribution in [2.45, 2.75) is 19.9 Å². The fraction of sp³-hybridized carbons (Fsp3) is 0.385. The molecule has 1 rings (SSSR count). The molecule has 2 atom stereocenters. The Balaban J connectivity index is 2.40. The van der Waals surface area contributed by atoms with Gasteiger partial charge in [0.2, 0.25) is 5.12 Å². The van der Waals surface area contributed by atoms with Crippen LogP contribution in [0.25, 0.3) is 0 Å². The van der Waals surface area contributed by atoms with E-state index in [-0.39, 0.29) is 11.2 Å². The summed E-state index contributed by atoms with van der Waals surface area (Å²) in [6.45, 7) is 3.37. The van der Waals surface area contributed by atoms with Gasteiger partial charge in [-0.1, -0.05) is 36.9 Å². The van der Waals surface area contributed by atoms with Gasteiger partial charge in [0.05, 0.1) is 12.0 Å². The molecule has 98 valence electrons. The maximum absolute atomic E-state index is 11.8. The molecule has 18 heavy (non-hydrogen) atoms. The standard InChI is InChI=1S/C13H17NO3S/c1-9(12(15)16)8-18-13(17)10(2)14-11-6-4-3-5-7-11/h3-7,9-10,14H,8H2,1-2H3,(H,15,16). The first-order chi connectivity index (χ1) is 8.50. The van der Waals surface area contributed by atoms with E-state index >= 15 is 0 Å². The number of nitrogens with one attached hydrogen (secondary N) is 1. The highest BCUT2D eigenvalue weighted by Crippen LogP contribution is 2.15. The number of thioether (sulfide) groups is 1. The van der Waals surface area contributed by atoms with E-state index in [1.54, 1.807) is 13.8 Å². The summed E-state index contributed by atoms with van der Waals surface area (Å²) in [5.74, 6) is -1.09. The predicted molar refractivity (Wildman–Crippen MR) is 73.8 cm³/mol. The van der Waals surface area contributed by atoms with Crippen LogP contribution in [0.5, 0.6) is 0 Å². The summed E-state index contributed by atoms with van der Waals surface area (Å²) < 4.78 is 0. The van der Waals surface area contributed by atoms with Crippen LogP contribution in [-0.2, 0) is 9.59 Å². The van der Waals surface area contributed by atoms with Crippen molar-refractivity contribution in [1.29, 1.82) is 0 Å². The number of aliphatic carboxylic acids is 1. The summed E-state index contributed by atoms with van der Waals surface area (Å²) >= 11 is 1.06. The van der Waals surface area contributed by atoms with Gasteiger partial charge in [0.15, 0.2) is 0 Å². The van der Waals surface area contributed by atoms with Crippen molar-refractivity contribution in [2.24, 2.45) is 5.92 Å². The third-order valence-corrected chi connectivity index (χ3v) is 3.71. The van der Waals surface area contributed by atoms with E-state index in [2.05, 4.69) is 5.32 Å². The van der Waals surface area contributed by atoms with E-state index < -0.39 is 11.9 Å². The molecule has 0 spiro atoms. The molecule has 0 aromatic heterocycles. The van der Waals surface area contributed by atoms with Crippen LogP contribution in [0, 0.1) is 5.92 Å². The number of anilines is 1. The Morgan fingerprint density at radius 3 is 2.44 bits per heavy atom. The van der Waals surface area contributed by atoms with E-state index in [0.29, 0.717) is 5.75 Å². The molecule has 0 fully saturated rings. The van der Waals surface area contributed by atoms with Crippen LogP contribution in [0.1, 0.15) is 13.8 Å². The van der Waals surface area contributed by atoms with Crippen molar-refractivity contribution in [1.82, 2.24) is 0 Å². The summed E-state index contributed by atoms with van der Waals surface area (Å²) in [5, 5.41) is 11.8. The van der Waals surface area contributed by atoms with Gasteiger partial charge in [0.1, 0.15) is 0 Å². The van der Waals surface area contributed by atoms with E-state index in [0.717, 1.165) is 17.4 Å². The van der Waals surface area contributed by atoms with Gasteiger partial charge in [0.25, 0.3) is 0 Å². The summed E-state index contributed by atoms with van der Waals surface area (Å²) in [6.07, 6.45) is 0. The molecule has 4 nitrogen and oxygen atoms in total. The molecular weight excluding hydrogens is 250 g/mol. The Morgan fingerprint density at radius 2 is 1.89 bits per heavy atom. The zero-order valence-electron chi connectivity index (χ0n) is 10.4. The molecule has 2 N–H and O–H groups in total. The Hall–Kier alpha value is -1.49. The Morgan fingerprint density at radius 1 is 1.28 bits per heavy atom. The minimum absolute atomic E-state index is 0.0491. The van der Waals surface area contributed by atoms with E-state index in [1.165, 1.54) is 0 Å². The predicted octanol–water partition coefficient (Wildman–Crippen LogP) is 2.47.